The topological polar surface area (TPSA) is 119 Å². The molecule has 0 aliphatic rings. The smallest absolute Gasteiger partial charge is 0.411 e. The van der Waals surface area contributed by atoms with Gasteiger partial charge in [0.25, 0.3) is 5.91 Å². The molecule has 3 amide bonds. The second-order valence-electron chi connectivity index (χ2n) is 8.05. The molecule has 2 rings (SSSR count). The van der Waals surface area contributed by atoms with E-state index < -0.39 is 18.2 Å². The number of hydrogen-bond donors (Lipinski definition) is 3. The highest BCUT2D eigenvalue weighted by Gasteiger charge is 2.19. The number of unbranched alkanes of at least 4 members (excludes halogenated alkanes) is 1. The van der Waals surface area contributed by atoms with Crippen molar-refractivity contribution in [2.45, 2.75) is 45.2 Å². The SMILES string of the molecule is C=CC[C@H](NC(=O)OCCCC)c1cc(-c2ccc(NC(=O)OC)cc2C(=O)NC(C)C=C)ccn1. The molecule has 0 aliphatic carbocycles. The number of pyridine rings is 1. The van der Waals surface area contributed by atoms with Gasteiger partial charge in [0.15, 0.2) is 0 Å². The van der Waals surface area contributed by atoms with E-state index in [-0.39, 0.29) is 11.9 Å². The number of aromatic nitrogens is 1. The van der Waals surface area contributed by atoms with Crippen LogP contribution in [0.15, 0.2) is 61.8 Å². The predicted octanol–water partition coefficient (Wildman–Crippen LogP) is 5.37. The zero-order chi connectivity index (χ0) is 26.5. The van der Waals surface area contributed by atoms with E-state index in [1.165, 1.54) is 7.11 Å². The Morgan fingerprint density at radius 3 is 2.56 bits per heavy atom. The first kappa shape index (κ1) is 28.1. The number of carbonyl (C=O) groups is 3. The van der Waals surface area contributed by atoms with Gasteiger partial charge in [-0.2, -0.15) is 0 Å². The lowest BCUT2D eigenvalue weighted by atomic mass is 9.97. The van der Waals surface area contributed by atoms with Crippen molar-refractivity contribution >= 4 is 23.8 Å². The molecule has 36 heavy (non-hydrogen) atoms. The first-order chi connectivity index (χ1) is 17.3. The van der Waals surface area contributed by atoms with Crippen LogP contribution in [-0.4, -0.2) is 42.8 Å². The maximum Gasteiger partial charge on any atom is 0.411 e. The van der Waals surface area contributed by atoms with Crippen LogP contribution < -0.4 is 16.0 Å². The summed E-state index contributed by atoms with van der Waals surface area (Å²) in [5, 5.41) is 8.26. The normalized spacial score (nSPS) is 12.0. The number of benzene rings is 1. The number of rotatable bonds is 12. The molecule has 1 heterocycles. The number of methoxy groups -OCH3 is 1. The van der Waals surface area contributed by atoms with Crippen LogP contribution in [0.5, 0.6) is 0 Å². The van der Waals surface area contributed by atoms with Gasteiger partial charge in [0.2, 0.25) is 0 Å². The molecule has 3 N–H and O–H groups in total. The van der Waals surface area contributed by atoms with Crippen molar-refractivity contribution in [3.05, 3.63) is 73.1 Å². The Bertz CT molecular complexity index is 1090. The van der Waals surface area contributed by atoms with Crippen molar-refractivity contribution in [2.24, 2.45) is 0 Å². The Kier molecular flexibility index (Phi) is 11.2. The van der Waals surface area contributed by atoms with E-state index in [2.05, 4.69) is 38.8 Å². The first-order valence-corrected chi connectivity index (χ1v) is 11.8. The third-order valence-corrected chi connectivity index (χ3v) is 5.28. The standard InChI is InChI=1S/C27H34N4O5/c1-6-9-15-36-27(34)31-23(10-7-2)24-16-19(13-14-28-24)21-12-11-20(30-26(33)35-5)17-22(21)25(32)29-18(4)8-3/h7-8,11-14,16-18,23H,2-3,6,9-10,15H2,1,4-5H3,(H,29,32)(H,30,33)(H,31,34)/t18?,23-/m0/s1. The average molecular weight is 495 g/mol. The molecule has 0 fully saturated rings. The zero-order valence-corrected chi connectivity index (χ0v) is 21.0. The van der Waals surface area contributed by atoms with Crippen LogP contribution in [0.2, 0.25) is 0 Å². The number of alkyl carbamates (subject to hydrolysis) is 1. The van der Waals surface area contributed by atoms with Crippen molar-refractivity contribution in [3.8, 4) is 11.1 Å². The van der Waals surface area contributed by atoms with Crippen LogP contribution in [0.1, 0.15) is 55.2 Å². The molecule has 0 saturated heterocycles. The summed E-state index contributed by atoms with van der Waals surface area (Å²) in [4.78, 5) is 41.5. The summed E-state index contributed by atoms with van der Waals surface area (Å²) < 4.78 is 9.88. The van der Waals surface area contributed by atoms with Crippen molar-refractivity contribution < 1.29 is 23.9 Å². The van der Waals surface area contributed by atoms with E-state index in [9.17, 15) is 14.4 Å². The summed E-state index contributed by atoms with van der Waals surface area (Å²) in [6, 6.07) is 7.81. The summed E-state index contributed by atoms with van der Waals surface area (Å²) in [5.41, 5.74) is 2.64. The molecule has 0 saturated carbocycles. The van der Waals surface area contributed by atoms with Gasteiger partial charge in [-0.3, -0.25) is 15.1 Å². The molecule has 0 spiro atoms. The minimum Gasteiger partial charge on any atom is -0.453 e. The van der Waals surface area contributed by atoms with Gasteiger partial charge in [0, 0.05) is 23.5 Å². The molecular formula is C27H34N4O5. The number of anilines is 1. The maximum atomic E-state index is 13.1. The van der Waals surface area contributed by atoms with Crippen LogP contribution in [0.4, 0.5) is 15.3 Å². The Balaban J connectivity index is 2.43. The molecule has 9 nitrogen and oxygen atoms in total. The van der Waals surface area contributed by atoms with E-state index in [4.69, 9.17) is 4.74 Å². The van der Waals surface area contributed by atoms with Crippen molar-refractivity contribution in [1.82, 2.24) is 15.6 Å². The number of amides is 3. The van der Waals surface area contributed by atoms with E-state index in [1.807, 2.05) is 6.92 Å². The van der Waals surface area contributed by atoms with Crippen LogP contribution in [0, 0.1) is 0 Å². The van der Waals surface area contributed by atoms with Gasteiger partial charge < -0.3 is 20.1 Å². The summed E-state index contributed by atoms with van der Waals surface area (Å²) in [5.74, 6) is -0.343. The molecule has 1 aromatic carbocycles. The Hall–Kier alpha value is -4.14. The lowest BCUT2D eigenvalue weighted by Gasteiger charge is -2.19. The second-order valence-corrected chi connectivity index (χ2v) is 8.05. The van der Waals surface area contributed by atoms with Gasteiger partial charge >= 0.3 is 12.2 Å². The van der Waals surface area contributed by atoms with Crippen molar-refractivity contribution in [3.63, 3.8) is 0 Å². The Morgan fingerprint density at radius 1 is 1.11 bits per heavy atom. The first-order valence-electron chi connectivity index (χ1n) is 11.8. The number of nitrogens with zero attached hydrogens (tertiary/aromatic N) is 1. The molecule has 1 unspecified atom stereocenters. The third-order valence-electron chi connectivity index (χ3n) is 5.28. The Morgan fingerprint density at radius 2 is 1.89 bits per heavy atom. The summed E-state index contributed by atoms with van der Waals surface area (Å²) in [6.45, 7) is 11.6. The van der Waals surface area contributed by atoms with Gasteiger partial charge in [-0.05, 0) is 55.2 Å². The third kappa shape index (κ3) is 8.26. The lowest BCUT2D eigenvalue weighted by molar-refractivity contribution is 0.0947. The number of hydrogen-bond acceptors (Lipinski definition) is 6. The largest absolute Gasteiger partial charge is 0.453 e. The molecule has 0 radical (unpaired) electrons. The minimum atomic E-state index is -0.649. The van der Waals surface area contributed by atoms with E-state index >= 15 is 0 Å². The number of nitrogens with one attached hydrogen (secondary N) is 3. The predicted molar refractivity (Wildman–Crippen MR) is 140 cm³/mol. The average Bonchev–Trinajstić information content (AvgIpc) is 2.88. The van der Waals surface area contributed by atoms with Crippen molar-refractivity contribution in [2.75, 3.05) is 19.0 Å². The molecule has 9 heteroatoms. The molecule has 0 aliphatic heterocycles. The van der Waals surface area contributed by atoms with Gasteiger partial charge in [-0.1, -0.05) is 31.6 Å². The van der Waals surface area contributed by atoms with Gasteiger partial charge in [-0.25, -0.2) is 9.59 Å². The fraction of sp³-hybridized carbons (Fsp3) is 0.333. The number of ether oxygens (including phenoxy) is 2. The van der Waals surface area contributed by atoms with Gasteiger partial charge in [-0.15, -0.1) is 13.2 Å². The zero-order valence-electron chi connectivity index (χ0n) is 21.0. The Labute approximate surface area is 212 Å². The van der Waals surface area contributed by atoms with E-state index in [1.54, 1.807) is 55.6 Å². The molecule has 2 atom stereocenters. The highest BCUT2D eigenvalue weighted by atomic mass is 16.5. The molecule has 0 bridgehead atoms. The van der Waals surface area contributed by atoms with Crippen LogP contribution >= 0.6 is 0 Å². The fourth-order valence-corrected chi connectivity index (χ4v) is 3.29. The van der Waals surface area contributed by atoms with E-state index in [0.29, 0.717) is 41.1 Å². The summed E-state index contributed by atoms with van der Waals surface area (Å²) in [6.07, 6.45) is 5.87. The summed E-state index contributed by atoms with van der Waals surface area (Å²) >= 11 is 0. The highest BCUT2D eigenvalue weighted by Crippen LogP contribution is 2.29. The monoisotopic (exact) mass is 494 g/mol. The summed E-state index contributed by atoms with van der Waals surface area (Å²) in [7, 11) is 1.26. The molecule has 2 aromatic rings. The quantitative estimate of drug-likeness (QED) is 0.269. The molecule has 1 aromatic heterocycles. The highest BCUT2D eigenvalue weighted by molar-refractivity contribution is 6.02. The van der Waals surface area contributed by atoms with Crippen molar-refractivity contribution in [1.29, 1.82) is 0 Å². The molecular weight excluding hydrogens is 460 g/mol. The van der Waals surface area contributed by atoms with Crippen LogP contribution in [-0.2, 0) is 9.47 Å². The maximum absolute atomic E-state index is 13.1. The minimum absolute atomic E-state index is 0.268. The second kappa shape index (κ2) is 14.3. The lowest BCUT2D eigenvalue weighted by Crippen LogP contribution is -2.31. The fourth-order valence-electron chi connectivity index (χ4n) is 3.29. The van der Waals surface area contributed by atoms with Crippen LogP contribution in [0.25, 0.3) is 11.1 Å². The molecule has 192 valence electrons. The van der Waals surface area contributed by atoms with Crippen LogP contribution in [0.3, 0.4) is 0 Å². The van der Waals surface area contributed by atoms with Gasteiger partial charge in [0.1, 0.15) is 0 Å². The van der Waals surface area contributed by atoms with E-state index in [0.717, 1.165) is 12.8 Å². The number of carbonyl (C=O) groups excluding carboxylic acids is 3. The van der Waals surface area contributed by atoms with Gasteiger partial charge in [0.05, 0.1) is 25.5 Å².